The van der Waals surface area contributed by atoms with Crippen LogP contribution in [0.15, 0.2) is 60.7 Å². The molecule has 4 rings (SSSR count). The number of hydrogen-bond acceptors (Lipinski definition) is 4. The van der Waals surface area contributed by atoms with Crippen molar-refractivity contribution in [3.8, 4) is 5.75 Å². The van der Waals surface area contributed by atoms with Crippen molar-refractivity contribution in [1.29, 1.82) is 0 Å². The predicted molar refractivity (Wildman–Crippen MR) is 118 cm³/mol. The molecule has 28 heavy (non-hydrogen) atoms. The van der Waals surface area contributed by atoms with E-state index in [2.05, 4.69) is 28.8 Å². The lowest BCUT2D eigenvalue weighted by atomic mass is 10.1. The minimum Gasteiger partial charge on any atom is -0.497 e. The Morgan fingerprint density at radius 3 is 2.71 bits per heavy atom. The molecule has 0 saturated heterocycles. The van der Waals surface area contributed by atoms with E-state index in [0.29, 0.717) is 23.0 Å². The molecular weight excluding hydrogens is 392 g/mol. The lowest BCUT2D eigenvalue weighted by Crippen LogP contribution is -2.28. The zero-order valence-corrected chi connectivity index (χ0v) is 16.9. The first-order chi connectivity index (χ1) is 13.7. The van der Waals surface area contributed by atoms with Crippen LogP contribution in [-0.2, 0) is 0 Å². The van der Waals surface area contributed by atoms with Gasteiger partial charge in [-0.2, -0.15) is 0 Å². The van der Waals surface area contributed by atoms with Crippen LogP contribution in [0.5, 0.6) is 5.75 Å². The summed E-state index contributed by atoms with van der Waals surface area (Å²) in [6.07, 6.45) is 0. The normalized spacial score (nSPS) is 10.9. The Hall–Kier alpha value is -2.76. The maximum absolute atomic E-state index is 12.6. The molecule has 142 valence electrons. The number of fused-ring (bicyclic) bond motifs is 2. The van der Waals surface area contributed by atoms with Crippen LogP contribution in [0.2, 0.25) is 5.02 Å². The molecule has 4 aromatic rings. The van der Waals surface area contributed by atoms with Crippen molar-refractivity contribution in [2.24, 2.45) is 0 Å². The summed E-state index contributed by atoms with van der Waals surface area (Å²) in [6.45, 7) is 1.12. The average molecular weight is 411 g/mol. The number of rotatable bonds is 6. The third kappa shape index (κ3) is 3.63. The Balaban J connectivity index is 1.41. The van der Waals surface area contributed by atoms with Gasteiger partial charge in [0.2, 0.25) is 0 Å². The molecular formula is C22H19ClN2O2S. The minimum absolute atomic E-state index is 0.162. The van der Waals surface area contributed by atoms with Crippen molar-refractivity contribution in [3.63, 3.8) is 0 Å². The Kier molecular flexibility index (Phi) is 5.37. The number of nitrogens with one attached hydrogen (secondary N) is 2. The van der Waals surface area contributed by atoms with Gasteiger partial charge in [-0.25, -0.2) is 0 Å². The van der Waals surface area contributed by atoms with E-state index in [0.717, 1.165) is 26.9 Å². The molecule has 0 spiro atoms. The standard InChI is InChI=1S/C22H19ClN2O2S/c1-27-15-9-10-19-17(13-15)20(23)21(28-19)22(26)25-12-11-24-18-8-4-6-14-5-2-3-7-16(14)18/h2-10,13,24H,11-12H2,1H3,(H,25,26). The topological polar surface area (TPSA) is 50.4 Å². The molecule has 0 aliphatic carbocycles. The summed E-state index contributed by atoms with van der Waals surface area (Å²) in [7, 11) is 1.61. The Morgan fingerprint density at radius 1 is 1.04 bits per heavy atom. The van der Waals surface area contributed by atoms with Gasteiger partial charge in [-0.1, -0.05) is 48.0 Å². The fourth-order valence-electron chi connectivity index (χ4n) is 3.15. The third-order valence-corrected chi connectivity index (χ3v) is 6.23. The van der Waals surface area contributed by atoms with E-state index in [9.17, 15) is 4.79 Å². The highest BCUT2D eigenvalue weighted by molar-refractivity contribution is 7.21. The Labute approximate surface area is 172 Å². The molecule has 0 unspecified atom stereocenters. The molecule has 2 N–H and O–H groups in total. The summed E-state index contributed by atoms with van der Waals surface area (Å²) < 4.78 is 6.20. The molecule has 0 saturated carbocycles. The van der Waals surface area contributed by atoms with Crippen molar-refractivity contribution in [2.75, 3.05) is 25.5 Å². The molecule has 4 nitrogen and oxygen atoms in total. The van der Waals surface area contributed by atoms with Crippen molar-refractivity contribution in [2.45, 2.75) is 0 Å². The van der Waals surface area contributed by atoms with Gasteiger partial charge in [0.05, 0.1) is 12.1 Å². The van der Waals surface area contributed by atoms with Crippen LogP contribution in [0.4, 0.5) is 5.69 Å². The second-order valence-electron chi connectivity index (χ2n) is 6.32. The van der Waals surface area contributed by atoms with E-state index in [1.54, 1.807) is 7.11 Å². The number of benzene rings is 3. The zero-order valence-electron chi connectivity index (χ0n) is 15.3. The summed E-state index contributed by atoms with van der Waals surface area (Å²) in [5.74, 6) is 0.559. The Morgan fingerprint density at radius 2 is 1.86 bits per heavy atom. The summed E-state index contributed by atoms with van der Waals surface area (Å²) >= 11 is 7.82. The van der Waals surface area contributed by atoms with Gasteiger partial charge in [-0.15, -0.1) is 11.3 Å². The van der Waals surface area contributed by atoms with E-state index in [4.69, 9.17) is 16.3 Å². The second kappa shape index (κ2) is 8.09. The minimum atomic E-state index is -0.162. The van der Waals surface area contributed by atoms with Crippen molar-refractivity contribution >= 4 is 55.4 Å². The number of carbonyl (C=O) groups excluding carboxylic acids is 1. The van der Waals surface area contributed by atoms with Gasteiger partial charge in [0.15, 0.2) is 0 Å². The maximum atomic E-state index is 12.6. The number of halogens is 1. The second-order valence-corrected chi connectivity index (χ2v) is 7.75. The van der Waals surface area contributed by atoms with Gasteiger partial charge in [-0.05, 0) is 29.7 Å². The van der Waals surface area contributed by atoms with Crippen molar-refractivity contribution < 1.29 is 9.53 Å². The number of anilines is 1. The van der Waals surface area contributed by atoms with Crippen molar-refractivity contribution in [1.82, 2.24) is 5.32 Å². The molecule has 0 radical (unpaired) electrons. The number of hydrogen-bond donors (Lipinski definition) is 2. The van der Waals surface area contributed by atoms with Crippen LogP contribution in [0.1, 0.15) is 9.67 Å². The van der Waals surface area contributed by atoms with Gasteiger partial charge >= 0.3 is 0 Å². The van der Waals surface area contributed by atoms with Gasteiger partial charge < -0.3 is 15.4 Å². The van der Waals surface area contributed by atoms with Gasteiger partial charge in [-0.3, -0.25) is 4.79 Å². The summed E-state index contributed by atoms with van der Waals surface area (Å²) in [4.78, 5) is 13.1. The van der Waals surface area contributed by atoms with Gasteiger partial charge in [0, 0.05) is 34.2 Å². The van der Waals surface area contributed by atoms with Crippen LogP contribution < -0.4 is 15.4 Å². The highest BCUT2D eigenvalue weighted by Gasteiger charge is 2.17. The summed E-state index contributed by atoms with van der Waals surface area (Å²) in [6, 6.07) is 20.0. The van der Waals surface area contributed by atoms with E-state index in [1.807, 2.05) is 42.5 Å². The van der Waals surface area contributed by atoms with E-state index >= 15 is 0 Å². The summed E-state index contributed by atoms with van der Waals surface area (Å²) in [5, 5.41) is 9.99. The molecule has 0 fully saturated rings. The molecule has 0 bridgehead atoms. The number of carbonyl (C=O) groups is 1. The Bertz CT molecular complexity index is 1150. The molecule has 1 amide bonds. The molecule has 3 aromatic carbocycles. The van der Waals surface area contributed by atoms with Crippen LogP contribution in [0.3, 0.4) is 0 Å². The largest absolute Gasteiger partial charge is 0.497 e. The number of ether oxygens (including phenoxy) is 1. The van der Waals surface area contributed by atoms with Gasteiger partial charge in [0.25, 0.3) is 5.91 Å². The van der Waals surface area contributed by atoms with Crippen LogP contribution in [-0.4, -0.2) is 26.1 Å². The monoisotopic (exact) mass is 410 g/mol. The third-order valence-electron chi connectivity index (χ3n) is 4.56. The quantitative estimate of drug-likeness (QED) is 0.409. The fourth-order valence-corrected chi connectivity index (χ4v) is 4.56. The molecule has 0 aliphatic heterocycles. The fraction of sp³-hybridized carbons (Fsp3) is 0.136. The van der Waals surface area contributed by atoms with Crippen molar-refractivity contribution in [3.05, 3.63) is 70.6 Å². The molecule has 1 aromatic heterocycles. The summed E-state index contributed by atoms with van der Waals surface area (Å²) in [5.41, 5.74) is 1.05. The number of thiophene rings is 1. The van der Waals surface area contributed by atoms with E-state index in [1.165, 1.54) is 16.7 Å². The van der Waals surface area contributed by atoms with E-state index in [-0.39, 0.29) is 5.91 Å². The van der Waals surface area contributed by atoms with E-state index < -0.39 is 0 Å². The highest BCUT2D eigenvalue weighted by atomic mass is 35.5. The van der Waals surface area contributed by atoms with Crippen LogP contribution >= 0.6 is 22.9 Å². The predicted octanol–water partition coefficient (Wildman–Crippen LogP) is 5.56. The lowest BCUT2D eigenvalue weighted by Gasteiger charge is -2.10. The number of methoxy groups -OCH3 is 1. The maximum Gasteiger partial charge on any atom is 0.262 e. The van der Waals surface area contributed by atoms with Gasteiger partial charge in [0.1, 0.15) is 10.6 Å². The average Bonchev–Trinajstić information content (AvgIpc) is 3.07. The molecule has 0 atom stereocenters. The SMILES string of the molecule is COc1ccc2sc(C(=O)NCCNc3cccc4ccccc34)c(Cl)c2c1. The van der Waals surface area contributed by atoms with Crippen LogP contribution in [0, 0.1) is 0 Å². The zero-order chi connectivity index (χ0) is 19.5. The molecule has 1 heterocycles. The molecule has 0 aliphatic rings. The highest BCUT2D eigenvalue weighted by Crippen LogP contribution is 2.37. The molecule has 6 heteroatoms. The first kappa shape index (κ1) is 18.6. The first-order valence-corrected chi connectivity index (χ1v) is 10.1. The number of amides is 1. The smallest absolute Gasteiger partial charge is 0.262 e. The first-order valence-electron chi connectivity index (χ1n) is 8.93. The van der Waals surface area contributed by atoms with Crippen LogP contribution in [0.25, 0.3) is 20.9 Å². The lowest BCUT2D eigenvalue weighted by molar-refractivity contribution is 0.0959.